The molecule has 2 rings (SSSR count). The zero-order chi connectivity index (χ0) is 21.2. The Kier molecular flexibility index (Phi) is 9.29. The molecule has 160 valence electrons. The van der Waals surface area contributed by atoms with E-state index in [9.17, 15) is 0 Å². The lowest BCUT2D eigenvalue weighted by molar-refractivity contribution is 0.248. The van der Waals surface area contributed by atoms with E-state index in [1.807, 2.05) is 12.1 Å². The van der Waals surface area contributed by atoms with Crippen LogP contribution in [0.15, 0.2) is 36.4 Å². The second-order valence-corrected chi connectivity index (χ2v) is 7.49. The van der Waals surface area contributed by atoms with Crippen LogP contribution in [0, 0.1) is 0 Å². The van der Waals surface area contributed by atoms with E-state index in [-0.39, 0.29) is 6.61 Å². The molecule has 1 N–H and O–H groups in total. The summed E-state index contributed by atoms with van der Waals surface area (Å²) in [4.78, 5) is 2.25. The van der Waals surface area contributed by atoms with Gasteiger partial charge in [-0.05, 0) is 73.2 Å². The molecule has 5 heteroatoms. The molecule has 0 saturated carbocycles. The second kappa shape index (κ2) is 11.7. The van der Waals surface area contributed by atoms with E-state index < -0.39 is 0 Å². The van der Waals surface area contributed by atoms with Crippen molar-refractivity contribution in [3.63, 3.8) is 0 Å². The minimum absolute atomic E-state index is 0.227. The molecule has 0 aliphatic heterocycles. The molecular formula is C24H35NO4. The van der Waals surface area contributed by atoms with Gasteiger partial charge in [-0.25, -0.2) is 0 Å². The number of aliphatic hydroxyl groups is 1. The molecule has 0 aliphatic carbocycles. The van der Waals surface area contributed by atoms with Gasteiger partial charge in [0.2, 0.25) is 0 Å². The van der Waals surface area contributed by atoms with E-state index in [4.69, 9.17) is 19.3 Å². The Hall–Kier alpha value is -2.24. The Morgan fingerprint density at radius 2 is 1.59 bits per heavy atom. The van der Waals surface area contributed by atoms with Crippen molar-refractivity contribution >= 4 is 0 Å². The maximum absolute atomic E-state index is 9.05. The van der Waals surface area contributed by atoms with Crippen LogP contribution in [0.25, 0.3) is 0 Å². The van der Waals surface area contributed by atoms with Crippen LogP contribution in [0.4, 0.5) is 0 Å². The van der Waals surface area contributed by atoms with Crippen LogP contribution in [0.5, 0.6) is 17.2 Å². The molecule has 0 fully saturated rings. The quantitative estimate of drug-likeness (QED) is 0.584. The maximum Gasteiger partial charge on any atom is 0.161 e. The number of hydrogen-bond acceptors (Lipinski definition) is 5. The average Bonchev–Trinajstić information content (AvgIpc) is 2.75. The van der Waals surface area contributed by atoms with Gasteiger partial charge in [0.15, 0.2) is 11.5 Å². The number of benzene rings is 2. The van der Waals surface area contributed by atoms with E-state index in [1.165, 1.54) is 16.7 Å². The van der Waals surface area contributed by atoms with Crippen LogP contribution < -0.4 is 14.2 Å². The fourth-order valence-electron chi connectivity index (χ4n) is 3.60. The van der Waals surface area contributed by atoms with E-state index in [2.05, 4.69) is 43.1 Å². The molecule has 0 aromatic heterocycles. The Balaban J connectivity index is 2.23. The van der Waals surface area contributed by atoms with Crippen molar-refractivity contribution in [2.24, 2.45) is 0 Å². The minimum atomic E-state index is 0.227. The molecule has 2 aromatic carbocycles. The third kappa shape index (κ3) is 6.65. The third-order valence-corrected chi connectivity index (χ3v) is 5.34. The Bertz CT molecular complexity index is 745. The van der Waals surface area contributed by atoms with Crippen molar-refractivity contribution < 1.29 is 19.3 Å². The van der Waals surface area contributed by atoms with Gasteiger partial charge in [0.25, 0.3) is 0 Å². The van der Waals surface area contributed by atoms with E-state index in [0.717, 1.165) is 49.6 Å². The first-order valence-electron chi connectivity index (χ1n) is 10.2. The zero-order valence-corrected chi connectivity index (χ0v) is 18.4. The first kappa shape index (κ1) is 23.0. The summed E-state index contributed by atoms with van der Waals surface area (Å²) in [5, 5.41) is 9.05. The molecule has 0 unspecified atom stereocenters. The highest BCUT2D eigenvalue weighted by Gasteiger charge is 2.17. The van der Waals surface area contributed by atoms with Crippen LogP contribution in [-0.2, 0) is 12.8 Å². The fourth-order valence-corrected chi connectivity index (χ4v) is 3.60. The summed E-state index contributed by atoms with van der Waals surface area (Å²) in [6.07, 6.45) is 2.65. The van der Waals surface area contributed by atoms with Gasteiger partial charge in [-0.2, -0.15) is 0 Å². The molecule has 1 atom stereocenters. The molecule has 2 aromatic rings. The first-order chi connectivity index (χ1) is 14.0. The highest BCUT2D eigenvalue weighted by molar-refractivity contribution is 5.49. The lowest BCUT2D eigenvalue weighted by Crippen LogP contribution is -2.23. The molecule has 0 bridgehead atoms. The smallest absolute Gasteiger partial charge is 0.161 e. The van der Waals surface area contributed by atoms with Gasteiger partial charge in [0.1, 0.15) is 5.75 Å². The van der Waals surface area contributed by atoms with Gasteiger partial charge in [-0.3, -0.25) is 0 Å². The number of hydrogen-bond donors (Lipinski definition) is 1. The molecule has 0 spiro atoms. The molecule has 0 aliphatic rings. The minimum Gasteiger partial charge on any atom is -0.497 e. The van der Waals surface area contributed by atoms with Gasteiger partial charge < -0.3 is 24.2 Å². The number of methoxy groups -OCH3 is 3. The molecule has 0 amide bonds. The highest BCUT2D eigenvalue weighted by atomic mass is 16.5. The zero-order valence-electron chi connectivity index (χ0n) is 18.4. The number of nitrogens with zero attached hydrogens (tertiary/aromatic N) is 1. The molecule has 0 heterocycles. The van der Waals surface area contributed by atoms with Gasteiger partial charge in [0.05, 0.1) is 21.3 Å². The first-order valence-corrected chi connectivity index (χ1v) is 10.2. The maximum atomic E-state index is 9.05. The third-order valence-electron chi connectivity index (χ3n) is 5.34. The van der Waals surface area contributed by atoms with Crippen molar-refractivity contribution in [1.29, 1.82) is 0 Å². The van der Waals surface area contributed by atoms with Crippen LogP contribution >= 0.6 is 0 Å². The van der Waals surface area contributed by atoms with Gasteiger partial charge in [-0.1, -0.05) is 19.1 Å². The van der Waals surface area contributed by atoms with Crippen LogP contribution in [0.2, 0.25) is 0 Å². The molecule has 0 radical (unpaired) electrons. The second-order valence-electron chi connectivity index (χ2n) is 7.49. The predicted molar refractivity (Wildman–Crippen MR) is 118 cm³/mol. The van der Waals surface area contributed by atoms with E-state index >= 15 is 0 Å². The van der Waals surface area contributed by atoms with E-state index in [0.29, 0.717) is 5.92 Å². The van der Waals surface area contributed by atoms with Crippen LogP contribution in [-0.4, -0.2) is 58.1 Å². The summed E-state index contributed by atoms with van der Waals surface area (Å²) in [6, 6.07) is 12.5. The van der Waals surface area contributed by atoms with E-state index in [1.54, 1.807) is 21.3 Å². The number of ether oxygens (including phenoxy) is 3. The Morgan fingerprint density at radius 1 is 0.931 bits per heavy atom. The Morgan fingerprint density at radius 3 is 2.17 bits per heavy atom. The van der Waals surface area contributed by atoms with Crippen molar-refractivity contribution in [3.05, 3.63) is 53.1 Å². The number of rotatable bonds is 12. The van der Waals surface area contributed by atoms with Crippen LogP contribution in [0.1, 0.15) is 36.0 Å². The lowest BCUT2D eigenvalue weighted by Gasteiger charge is -2.22. The van der Waals surface area contributed by atoms with Gasteiger partial charge in [-0.15, -0.1) is 0 Å². The summed E-state index contributed by atoms with van der Waals surface area (Å²) in [6.45, 7) is 4.30. The lowest BCUT2D eigenvalue weighted by atomic mass is 9.88. The number of aliphatic hydroxyl groups excluding tert-OH is 1. The van der Waals surface area contributed by atoms with Crippen molar-refractivity contribution in [3.8, 4) is 17.2 Å². The highest BCUT2D eigenvalue weighted by Crippen LogP contribution is 2.35. The summed E-state index contributed by atoms with van der Waals surface area (Å²) in [7, 11) is 7.13. The molecule has 0 saturated heterocycles. The van der Waals surface area contributed by atoms with Crippen LogP contribution in [0.3, 0.4) is 0 Å². The Labute approximate surface area is 175 Å². The van der Waals surface area contributed by atoms with Crippen molar-refractivity contribution in [2.45, 2.75) is 32.1 Å². The average molecular weight is 402 g/mol. The predicted octanol–water partition coefficient (Wildman–Crippen LogP) is 3.92. The fraction of sp³-hybridized carbons (Fsp3) is 0.500. The standard InChI is InChI=1S/C24H35NO4/c1-18(15-19-7-9-21(27-3)10-8-19)22-17-24(29-5)23(28-4)16-20(22)11-13-25(2)12-6-14-26/h7-10,16-18,26H,6,11-15H2,1-5H3/t18-/m1/s1. The van der Waals surface area contributed by atoms with Gasteiger partial charge in [0, 0.05) is 19.7 Å². The van der Waals surface area contributed by atoms with Crippen molar-refractivity contribution in [1.82, 2.24) is 4.90 Å². The summed E-state index contributed by atoms with van der Waals surface area (Å²) in [5.74, 6) is 2.74. The molecular weight excluding hydrogens is 366 g/mol. The summed E-state index contributed by atoms with van der Waals surface area (Å²) >= 11 is 0. The SMILES string of the molecule is COc1ccc(C[C@@H](C)c2cc(OC)c(OC)cc2CCN(C)CCCO)cc1. The normalized spacial score (nSPS) is 12.1. The molecule has 29 heavy (non-hydrogen) atoms. The van der Waals surface area contributed by atoms with Crippen molar-refractivity contribution in [2.75, 3.05) is 48.1 Å². The monoisotopic (exact) mass is 401 g/mol. The molecule has 5 nitrogen and oxygen atoms in total. The number of likely N-dealkylation sites (N-methyl/N-ethyl adjacent to an activating group) is 1. The summed E-state index contributed by atoms with van der Waals surface area (Å²) < 4.78 is 16.4. The largest absolute Gasteiger partial charge is 0.497 e. The summed E-state index contributed by atoms with van der Waals surface area (Å²) in [5.41, 5.74) is 3.84. The topological polar surface area (TPSA) is 51.2 Å². The van der Waals surface area contributed by atoms with Gasteiger partial charge >= 0.3 is 0 Å².